The van der Waals surface area contributed by atoms with E-state index in [4.69, 9.17) is 9.47 Å². The monoisotopic (exact) mass is 250 g/mol. The second-order valence-corrected chi connectivity index (χ2v) is 4.16. The molecule has 0 spiro atoms. The second kappa shape index (κ2) is 3.65. The maximum atomic E-state index is 11.1. The molecule has 0 bridgehead atoms. The van der Waals surface area contributed by atoms with Crippen LogP contribution in [0.2, 0.25) is 0 Å². The van der Waals surface area contributed by atoms with E-state index in [0.717, 1.165) is 0 Å². The lowest BCUT2D eigenvalue weighted by Crippen LogP contribution is -2.35. The third-order valence-corrected chi connectivity index (χ3v) is 2.33. The molecule has 1 heterocycles. The molecular weight excluding hydrogens is 240 g/mol. The van der Waals surface area contributed by atoms with Crippen LogP contribution in [0.3, 0.4) is 0 Å². The van der Waals surface area contributed by atoms with E-state index in [1.54, 1.807) is 0 Å². The minimum absolute atomic E-state index is 0.0901. The van der Waals surface area contributed by atoms with E-state index in [2.05, 4.69) is 15.9 Å². The molecule has 1 rings (SSSR count). The highest BCUT2D eigenvalue weighted by Gasteiger charge is 2.46. The molecule has 1 fully saturated rings. The number of ether oxygens (including phenoxy) is 2. The Bertz CT molecular complexity index is 236. The summed E-state index contributed by atoms with van der Waals surface area (Å²) >= 11 is 2.95. The van der Waals surface area contributed by atoms with Gasteiger partial charge in [0.25, 0.3) is 0 Å². The largest absolute Gasteiger partial charge is 0.462 e. The molecule has 0 aromatic rings. The van der Waals surface area contributed by atoms with Crippen LogP contribution in [0.4, 0.5) is 0 Å². The number of esters is 2. The van der Waals surface area contributed by atoms with Gasteiger partial charge < -0.3 is 9.47 Å². The van der Waals surface area contributed by atoms with Gasteiger partial charge in [0, 0.05) is 5.41 Å². The fourth-order valence-corrected chi connectivity index (χ4v) is 1.23. The standard InChI is InChI=1S/C8H11BrO4/c1-8(2)4-12-7(11)6(8)13-5(10)3-9/h6H,3-4H2,1-2H3/t6-/m0/s1. The van der Waals surface area contributed by atoms with Gasteiger partial charge in [0.05, 0.1) is 0 Å². The van der Waals surface area contributed by atoms with Crippen LogP contribution in [-0.4, -0.2) is 30.0 Å². The SMILES string of the molecule is CC1(C)COC(=O)[C@@H]1OC(=O)CBr. The number of carbonyl (C=O) groups is 2. The van der Waals surface area contributed by atoms with Crippen LogP contribution in [0.15, 0.2) is 0 Å². The molecule has 0 saturated carbocycles. The fourth-order valence-electron chi connectivity index (χ4n) is 1.10. The molecule has 0 aromatic heterocycles. The van der Waals surface area contributed by atoms with Crippen LogP contribution in [0.1, 0.15) is 13.8 Å². The Kier molecular flexibility index (Phi) is 2.95. The molecule has 0 amide bonds. The number of carbonyl (C=O) groups excluding carboxylic acids is 2. The van der Waals surface area contributed by atoms with Crippen molar-refractivity contribution in [3.8, 4) is 0 Å². The summed E-state index contributed by atoms with van der Waals surface area (Å²) in [7, 11) is 0. The molecule has 1 aliphatic heterocycles. The van der Waals surface area contributed by atoms with E-state index < -0.39 is 23.5 Å². The number of hydrogen-bond donors (Lipinski definition) is 0. The fraction of sp³-hybridized carbons (Fsp3) is 0.750. The van der Waals surface area contributed by atoms with Gasteiger partial charge in [-0.2, -0.15) is 0 Å². The van der Waals surface area contributed by atoms with E-state index in [0.29, 0.717) is 6.61 Å². The van der Waals surface area contributed by atoms with Gasteiger partial charge in [-0.05, 0) is 0 Å². The summed E-state index contributed by atoms with van der Waals surface area (Å²) in [4.78, 5) is 22.1. The minimum Gasteiger partial charge on any atom is -0.462 e. The number of cyclic esters (lactones) is 1. The lowest BCUT2D eigenvalue weighted by atomic mass is 9.90. The predicted molar refractivity (Wildman–Crippen MR) is 48.4 cm³/mol. The van der Waals surface area contributed by atoms with E-state index >= 15 is 0 Å². The van der Waals surface area contributed by atoms with Gasteiger partial charge in [0.15, 0.2) is 0 Å². The van der Waals surface area contributed by atoms with Crippen LogP contribution in [0, 0.1) is 5.41 Å². The molecule has 5 heteroatoms. The first-order chi connectivity index (χ1) is 5.97. The van der Waals surface area contributed by atoms with E-state index in [1.165, 1.54) is 0 Å². The summed E-state index contributed by atoms with van der Waals surface area (Å²) in [6, 6.07) is 0. The van der Waals surface area contributed by atoms with Crippen molar-refractivity contribution in [1.29, 1.82) is 0 Å². The molecule has 0 aliphatic carbocycles. The first-order valence-corrected chi connectivity index (χ1v) is 5.01. The maximum Gasteiger partial charge on any atom is 0.348 e. The lowest BCUT2D eigenvalue weighted by Gasteiger charge is -2.20. The zero-order valence-electron chi connectivity index (χ0n) is 7.50. The Morgan fingerprint density at radius 2 is 2.38 bits per heavy atom. The highest BCUT2D eigenvalue weighted by atomic mass is 79.9. The number of halogens is 1. The maximum absolute atomic E-state index is 11.1. The first kappa shape index (κ1) is 10.5. The Labute approximate surface area is 84.7 Å². The summed E-state index contributed by atoms with van der Waals surface area (Å²) < 4.78 is 9.72. The van der Waals surface area contributed by atoms with Crippen molar-refractivity contribution >= 4 is 27.9 Å². The van der Waals surface area contributed by atoms with Gasteiger partial charge in [0.1, 0.15) is 11.9 Å². The smallest absolute Gasteiger partial charge is 0.348 e. The van der Waals surface area contributed by atoms with Gasteiger partial charge in [-0.25, -0.2) is 4.79 Å². The average molecular weight is 251 g/mol. The van der Waals surface area contributed by atoms with Crippen LogP contribution in [-0.2, 0) is 19.1 Å². The lowest BCUT2D eigenvalue weighted by molar-refractivity contribution is -0.160. The average Bonchev–Trinajstić information content (AvgIpc) is 2.31. The highest BCUT2D eigenvalue weighted by molar-refractivity contribution is 9.09. The van der Waals surface area contributed by atoms with E-state index in [1.807, 2.05) is 13.8 Å². The van der Waals surface area contributed by atoms with Crippen molar-refractivity contribution in [1.82, 2.24) is 0 Å². The molecule has 1 aliphatic rings. The van der Waals surface area contributed by atoms with E-state index in [9.17, 15) is 9.59 Å². The van der Waals surface area contributed by atoms with Gasteiger partial charge >= 0.3 is 11.9 Å². The second-order valence-electron chi connectivity index (χ2n) is 3.60. The van der Waals surface area contributed by atoms with Gasteiger partial charge in [-0.15, -0.1) is 0 Å². The van der Waals surface area contributed by atoms with Crippen molar-refractivity contribution in [3.63, 3.8) is 0 Å². The van der Waals surface area contributed by atoms with E-state index in [-0.39, 0.29) is 5.33 Å². The zero-order valence-corrected chi connectivity index (χ0v) is 9.09. The Hall–Kier alpha value is -0.580. The predicted octanol–water partition coefficient (Wildman–Crippen LogP) is 0.876. The highest BCUT2D eigenvalue weighted by Crippen LogP contribution is 2.30. The Balaban J connectivity index is 2.66. The molecule has 0 N–H and O–H groups in total. The van der Waals surface area contributed by atoms with Crippen molar-refractivity contribution in [2.75, 3.05) is 11.9 Å². The van der Waals surface area contributed by atoms with Gasteiger partial charge in [-0.3, -0.25) is 4.79 Å². The van der Waals surface area contributed by atoms with Crippen molar-refractivity contribution in [2.24, 2.45) is 5.41 Å². The third kappa shape index (κ3) is 2.21. The molecule has 13 heavy (non-hydrogen) atoms. The van der Waals surface area contributed by atoms with Gasteiger partial charge in [0.2, 0.25) is 6.10 Å². The number of hydrogen-bond acceptors (Lipinski definition) is 4. The van der Waals surface area contributed by atoms with Crippen molar-refractivity contribution in [3.05, 3.63) is 0 Å². The summed E-state index contributed by atoms with van der Waals surface area (Å²) in [6.07, 6.45) is -0.766. The molecule has 0 radical (unpaired) electrons. The molecule has 4 nitrogen and oxygen atoms in total. The summed E-state index contributed by atoms with van der Waals surface area (Å²) in [5, 5.41) is 0.0901. The molecule has 0 aromatic carbocycles. The zero-order chi connectivity index (χ0) is 10.1. The molecule has 1 saturated heterocycles. The molecule has 74 valence electrons. The van der Waals surface area contributed by atoms with Crippen LogP contribution in [0.25, 0.3) is 0 Å². The Morgan fingerprint density at radius 3 is 2.77 bits per heavy atom. The molecule has 1 atom stereocenters. The quantitative estimate of drug-likeness (QED) is 0.540. The van der Waals surface area contributed by atoms with Crippen LogP contribution >= 0.6 is 15.9 Å². The van der Waals surface area contributed by atoms with Crippen LogP contribution < -0.4 is 0 Å². The normalized spacial score (nSPS) is 25.5. The number of alkyl halides is 1. The van der Waals surface area contributed by atoms with Crippen molar-refractivity contribution < 1.29 is 19.1 Å². The molecule has 0 unspecified atom stereocenters. The van der Waals surface area contributed by atoms with Crippen molar-refractivity contribution in [2.45, 2.75) is 20.0 Å². The van der Waals surface area contributed by atoms with Crippen LogP contribution in [0.5, 0.6) is 0 Å². The topological polar surface area (TPSA) is 52.6 Å². The third-order valence-electron chi connectivity index (χ3n) is 1.87. The summed E-state index contributed by atoms with van der Waals surface area (Å²) in [5.74, 6) is -0.906. The Morgan fingerprint density at radius 1 is 1.77 bits per heavy atom. The van der Waals surface area contributed by atoms with Gasteiger partial charge in [-0.1, -0.05) is 29.8 Å². The summed E-state index contributed by atoms with van der Waals surface area (Å²) in [6.45, 7) is 3.94. The summed E-state index contributed by atoms with van der Waals surface area (Å²) in [5.41, 5.74) is -0.422. The number of rotatable bonds is 2. The molecular formula is C8H11BrO4. The minimum atomic E-state index is -0.766. The first-order valence-electron chi connectivity index (χ1n) is 3.89.